The van der Waals surface area contributed by atoms with Gasteiger partial charge in [0, 0.05) is 12.2 Å². The van der Waals surface area contributed by atoms with E-state index in [0.29, 0.717) is 11.3 Å². The third kappa shape index (κ3) is 2.14. The molecule has 2 aliphatic rings. The van der Waals surface area contributed by atoms with Crippen molar-refractivity contribution in [1.82, 2.24) is 14.5 Å². The molecule has 0 bridgehead atoms. The second kappa shape index (κ2) is 5.40. The first-order valence-corrected chi connectivity index (χ1v) is 8.93. The van der Waals surface area contributed by atoms with Gasteiger partial charge in [0.2, 0.25) is 0 Å². The zero-order valence-electron chi connectivity index (χ0n) is 11.8. The van der Waals surface area contributed by atoms with Gasteiger partial charge in [-0.15, -0.1) is 0 Å². The molecular weight excluding hydrogens is 266 g/mol. The summed E-state index contributed by atoms with van der Waals surface area (Å²) in [6.07, 6.45) is 11.2. The van der Waals surface area contributed by atoms with Crippen molar-refractivity contribution >= 4 is 22.9 Å². The van der Waals surface area contributed by atoms with Crippen molar-refractivity contribution in [2.45, 2.75) is 56.2 Å². The van der Waals surface area contributed by atoms with Gasteiger partial charge in [-0.25, -0.2) is 9.97 Å². The molecular formula is C16H21N3S. The third-order valence-corrected chi connectivity index (χ3v) is 6.01. The minimum Gasteiger partial charge on any atom is -0.309 e. The normalized spacial score (nSPS) is 24.5. The Labute approximate surface area is 124 Å². The van der Waals surface area contributed by atoms with Crippen molar-refractivity contribution in [3.63, 3.8) is 0 Å². The standard InChI is InChI=1S/C16H21N3S/c1-2-7-12(6-1)19-15-13(8-5-10-17-15)18-16(19)14-9-3-4-11-20-14/h5,8,10,12,14H,1-4,6-7,9,11H2. The Balaban J connectivity index is 1.82. The van der Waals surface area contributed by atoms with Crippen LogP contribution >= 0.6 is 11.8 Å². The highest BCUT2D eigenvalue weighted by atomic mass is 32.2. The van der Waals surface area contributed by atoms with E-state index in [4.69, 9.17) is 4.98 Å². The van der Waals surface area contributed by atoms with E-state index < -0.39 is 0 Å². The van der Waals surface area contributed by atoms with Crippen LogP contribution in [0, 0.1) is 0 Å². The quantitative estimate of drug-likeness (QED) is 0.814. The maximum absolute atomic E-state index is 4.96. The molecule has 2 fully saturated rings. The molecule has 0 radical (unpaired) electrons. The predicted molar refractivity (Wildman–Crippen MR) is 84.1 cm³/mol. The van der Waals surface area contributed by atoms with Crippen LogP contribution in [-0.2, 0) is 0 Å². The molecule has 1 saturated heterocycles. The fourth-order valence-electron chi connectivity index (χ4n) is 3.64. The van der Waals surface area contributed by atoms with Crippen LogP contribution < -0.4 is 0 Å². The van der Waals surface area contributed by atoms with E-state index in [1.807, 2.05) is 12.3 Å². The number of rotatable bonds is 2. The van der Waals surface area contributed by atoms with Gasteiger partial charge >= 0.3 is 0 Å². The van der Waals surface area contributed by atoms with E-state index >= 15 is 0 Å². The average Bonchev–Trinajstić information content (AvgIpc) is 3.14. The summed E-state index contributed by atoms with van der Waals surface area (Å²) in [6, 6.07) is 4.75. The molecule has 1 atom stereocenters. The number of pyridine rings is 1. The Bertz CT molecular complexity index is 595. The highest BCUT2D eigenvalue weighted by Crippen LogP contribution is 2.42. The van der Waals surface area contributed by atoms with Gasteiger partial charge in [-0.1, -0.05) is 19.3 Å². The molecule has 0 amide bonds. The van der Waals surface area contributed by atoms with Crippen LogP contribution in [0.5, 0.6) is 0 Å². The molecule has 1 unspecified atom stereocenters. The first-order chi connectivity index (χ1) is 9.93. The summed E-state index contributed by atoms with van der Waals surface area (Å²) in [7, 11) is 0. The number of nitrogens with zero attached hydrogens (tertiary/aromatic N) is 3. The van der Waals surface area contributed by atoms with Crippen molar-refractivity contribution in [1.29, 1.82) is 0 Å². The van der Waals surface area contributed by atoms with Crippen LogP contribution in [0.25, 0.3) is 11.2 Å². The monoisotopic (exact) mass is 287 g/mol. The third-order valence-electron chi connectivity index (χ3n) is 4.63. The summed E-state index contributed by atoms with van der Waals surface area (Å²) in [5.74, 6) is 2.58. The Morgan fingerprint density at radius 2 is 1.95 bits per heavy atom. The number of thioether (sulfide) groups is 1. The SMILES string of the molecule is c1cnc2c(c1)nc(C1CCCCS1)n2C1CCCC1. The zero-order valence-corrected chi connectivity index (χ0v) is 12.6. The van der Waals surface area contributed by atoms with Crippen LogP contribution in [0.4, 0.5) is 0 Å². The molecule has 4 rings (SSSR count). The first-order valence-electron chi connectivity index (χ1n) is 7.88. The van der Waals surface area contributed by atoms with Crippen molar-refractivity contribution in [3.8, 4) is 0 Å². The lowest BCUT2D eigenvalue weighted by molar-refractivity contribution is 0.496. The van der Waals surface area contributed by atoms with Gasteiger partial charge in [0.05, 0.1) is 5.25 Å². The van der Waals surface area contributed by atoms with Crippen LogP contribution in [0.1, 0.15) is 62.1 Å². The summed E-state index contributed by atoms with van der Waals surface area (Å²) in [6.45, 7) is 0. The van der Waals surface area contributed by atoms with Gasteiger partial charge in [0.15, 0.2) is 5.65 Å². The highest BCUT2D eigenvalue weighted by molar-refractivity contribution is 7.99. The molecule has 0 aromatic carbocycles. The lowest BCUT2D eigenvalue weighted by Gasteiger charge is -2.24. The van der Waals surface area contributed by atoms with E-state index in [9.17, 15) is 0 Å². The zero-order chi connectivity index (χ0) is 13.4. The number of imidazole rings is 1. The predicted octanol–water partition coefficient (Wildman–Crippen LogP) is 4.50. The van der Waals surface area contributed by atoms with Crippen molar-refractivity contribution in [3.05, 3.63) is 24.2 Å². The smallest absolute Gasteiger partial charge is 0.160 e. The molecule has 1 aliphatic heterocycles. The molecule has 3 nitrogen and oxygen atoms in total. The molecule has 1 aliphatic carbocycles. The lowest BCUT2D eigenvalue weighted by atomic mass is 10.1. The van der Waals surface area contributed by atoms with Crippen LogP contribution in [0.2, 0.25) is 0 Å². The Morgan fingerprint density at radius 1 is 1.10 bits per heavy atom. The summed E-state index contributed by atoms with van der Waals surface area (Å²) >= 11 is 2.09. The van der Waals surface area contributed by atoms with E-state index in [0.717, 1.165) is 11.2 Å². The highest BCUT2D eigenvalue weighted by Gasteiger charge is 2.28. The van der Waals surface area contributed by atoms with Crippen molar-refractivity contribution in [2.75, 3.05) is 5.75 Å². The topological polar surface area (TPSA) is 30.7 Å². The lowest BCUT2D eigenvalue weighted by Crippen LogP contribution is -2.14. The second-order valence-corrected chi connectivity index (χ2v) is 7.29. The van der Waals surface area contributed by atoms with Gasteiger partial charge in [0.25, 0.3) is 0 Å². The van der Waals surface area contributed by atoms with Gasteiger partial charge in [-0.2, -0.15) is 11.8 Å². The fourth-order valence-corrected chi connectivity index (χ4v) is 4.95. The Morgan fingerprint density at radius 3 is 2.75 bits per heavy atom. The number of aromatic nitrogens is 3. The van der Waals surface area contributed by atoms with E-state index in [1.165, 1.54) is 56.5 Å². The number of hydrogen-bond donors (Lipinski definition) is 0. The van der Waals surface area contributed by atoms with E-state index in [-0.39, 0.29) is 0 Å². The maximum Gasteiger partial charge on any atom is 0.160 e. The van der Waals surface area contributed by atoms with E-state index in [2.05, 4.69) is 27.4 Å². The Kier molecular flexibility index (Phi) is 3.42. The van der Waals surface area contributed by atoms with Gasteiger partial charge in [-0.05, 0) is 43.6 Å². The minimum atomic E-state index is 0.582. The van der Waals surface area contributed by atoms with Crippen molar-refractivity contribution < 1.29 is 0 Å². The van der Waals surface area contributed by atoms with Gasteiger partial charge in [-0.3, -0.25) is 0 Å². The summed E-state index contributed by atoms with van der Waals surface area (Å²) in [4.78, 5) is 9.59. The summed E-state index contributed by atoms with van der Waals surface area (Å²) in [5, 5.41) is 0.582. The second-order valence-electron chi connectivity index (χ2n) is 5.98. The molecule has 106 valence electrons. The summed E-state index contributed by atoms with van der Waals surface area (Å²) in [5.41, 5.74) is 2.20. The maximum atomic E-state index is 4.96. The van der Waals surface area contributed by atoms with Crippen LogP contribution in [0.15, 0.2) is 18.3 Å². The summed E-state index contributed by atoms with van der Waals surface area (Å²) < 4.78 is 2.49. The molecule has 0 N–H and O–H groups in total. The molecule has 2 aromatic heterocycles. The van der Waals surface area contributed by atoms with Crippen molar-refractivity contribution in [2.24, 2.45) is 0 Å². The fraction of sp³-hybridized carbons (Fsp3) is 0.625. The molecule has 20 heavy (non-hydrogen) atoms. The minimum absolute atomic E-state index is 0.582. The molecule has 1 saturated carbocycles. The van der Waals surface area contributed by atoms with Crippen LogP contribution in [0.3, 0.4) is 0 Å². The average molecular weight is 287 g/mol. The number of hydrogen-bond acceptors (Lipinski definition) is 3. The van der Waals surface area contributed by atoms with Gasteiger partial charge < -0.3 is 4.57 Å². The van der Waals surface area contributed by atoms with Gasteiger partial charge in [0.1, 0.15) is 11.3 Å². The molecule has 3 heterocycles. The largest absolute Gasteiger partial charge is 0.309 e. The Hall–Kier alpha value is -1.03. The number of fused-ring (bicyclic) bond motifs is 1. The molecule has 4 heteroatoms. The molecule has 0 spiro atoms. The van der Waals surface area contributed by atoms with Crippen LogP contribution in [-0.4, -0.2) is 20.3 Å². The van der Waals surface area contributed by atoms with E-state index in [1.54, 1.807) is 0 Å². The molecule has 2 aromatic rings. The first kappa shape index (κ1) is 12.7.